The van der Waals surface area contributed by atoms with Crippen molar-refractivity contribution in [3.8, 4) is 0 Å². The summed E-state index contributed by atoms with van der Waals surface area (Å²) < 4.78 is 1.80. The van der Waals surface area contributed by atoms with Crippen LogP contribution in [-0.4, -0.2) is 45.3 Å². The van der Waals surface area contributed by atoms with Crippen LogP contribution in [0, 0.1) is 6.92 Å². The molecule has 0 bridgehead atoms. The van der Waals surface area contributed by atoms with Gasteiger partial charge in [-0.3, -0.25) is 4.68 Å². The van der Waals surface area contributed by atoms with Crippen molar-refractivity contribution < 1.29 is 0 Å². The Morgan fingerprint density at radius 3 is 2.70 bits per heavy atom. The summed E-state index contributed by atoms with van der Waals surface area (Å²) in [5.74, 6) is 1.39. The molecule has 1 unspecified atom stereocenters. The molecule has 0 aromatic carbocycles. The minimum absolute atomic E-state index is 0.206. The molecule has 2 aromatic rings. The monoisotopic (exact) mass is 294 g/mol. The summed E-state index contributed by atoms with van der Waals surface area (Å²) in [4.78, 5) is 10.5. The van der Waals surface area contributed by atoms with E-state index in [0.29, 0.717) is 17.5 Å². The zero-order valence-corrected chi connectivity index (χ0v) is 12.9. The van der Waals surface area contributed by atoms with E-state index in [1.165, 1.54) is 0 Å². The predicted octanol–water partition coefficient (Wildman–Crippen LogP) is 1.89. The van der Waals surface area contributed by atoms with E-state index in [1.54, 1.807) is 10.7 Å². The molecule has 0 amide bonds. The molecule has 20 heavy (non-hydrogen) atoms. The number of aryl methyl sites for hydroxylation is 2. The smallest absolute Gasteiger partial charge is 0.134 e. The second-order valence-electron chi connectivity index (χ2n) is 4.93. The van der Waals surface area contributed by atoms with E-state index in [-0.39, 0.29) is 6.04 Å². The Morgan fingerprint density at radius 1 is 1.40 bits per heavy atom. The Labute approximate surface area is 123 Å². The Balaban J connectivity index is 2.09. The summed E-state index contributed by atoms with van der Waals surface area (Å²) in [6.07, 6.45) is 3.90. The molecule has 1 N–H and O–H groups in total. The van der Waals surface area contributed by atoms with Crippen LogP contribution in [0.5, 0.6) is 0 Å². The Morgan fingerprint density at radius 2 is 2.15 bits per heavy atom. The fourth-order valence-electron chi connectivity index (χ4n) is 2.03. The third-order valence-electron chi connectivity index (χ3n) is 3.02. The average molecular weight is 295 g/mol. The van der Waals surface area contributed by atoms with E-state index in [0.717, 1.165) is 11.4 Å². The van der Waals surface area contributed by atoms with E-state index >= 15 is 0 Å². The number of anilines is 1. The van der Waals surface area contributed by atoms with E-state index in [4.69, 9.17) is 11.6 Å². The molecule has 0 aliphatic heterocycles. The maximum atomic E-state index is 5.93. The van der Waals surface area contributed by atoms with Crippen LogP contribution in [0.2, 0.25) is 5.15 Å². The maximum absolute atomic E-state index is 5.93. The van der Waals surface area contributed by atoms with E-state index in [1.807, 2.05) is 40.5 Å². The lowest BCUT2D eigenvalue weighted by Crippen LogP contribution is -2.26. The molecule has 0 spiro atoms. The minimum atomic E-state index is 0.206. The Hall–Kier alpha value is -1.66. The van der Waals surface area contributed by atoms with Crippen LogP contribution in [0.4, 0.5) is 5.82 Å². The first-order chi connectivity index (χ1) is 9.45. The van der Waals surface area contributed by atoms with Crippen molar-refractivity contribution in [2.45, 2.75) is 13.0 Å². The summed E-state index contributed by atoms with van der Waals surface area (Å²) in [6, 6.07) is 1.93. The molecule has 6 nitrogen and oxygen atoms in total. The molecule has 0 aliphatic rings. The van der Waals surface area contributed by atoms with Crippen molar-refractivity contribution in [2.75, 3.05) is 26.0 Å². The molecule has 0 radical (unpaired) electrons. The fourth-order valence-corrected chi connectivity index (χ4v) is 2.26. The van der Waals surface area contributed by atoms with Gasteiger partial charge in [-0.1, -0.05) is 11.6 Å². The first kappa shape index (κ1) is 14.7. The molecule has 0 saturated carbocycles. The van der Waals surface area contributed by atoms with Crippen molar-refractivity contribution >= 4 is 17.4 Å². The van der Waals surface area contributed by atoms with Crippen LogP contribution in [0.3, 0.4) is 0 Å². The quantitative estimate of drug-likeness (QED) is 0.853. The highest BCUT2D eigenvalue weighted by atomic mass is 35.5. The normalized spacial score (nSPS) is 12.7. The number of likely N-dealkylation sites (N-methyl/N-ethyl adjacent to an activating group) is 1. The summed E-state index contributed by atoms with van der Waals surface area (Å²) in [7, 11) is 5.99. The van der Waals surface area contributed by atoms with Crippen LogP contribution < -0.4 is 5.32 Å². The highest BCUT2D eigenvalue weighted by Gasteiger charge is 2.16. The van der Waals surface area contributed by atoms with Gasteiger partial charge in [-0.15, -0.1) is 0 Å². The molecule has 0 aliphatic carbocycles. The topological polar surface area (TPSA) is 58.9 Å². The van der Waals surface area contributed by atoms with Crippen molar-refractivity contribution in [3.63, 3.8) is 0 Å². The predicted molar refractivity (Wildman–Crippen MR) is 79.9 cm³/mol. The van der Waals surface area contributed by atoms with Gasteiger partial charge in [-0.25, -0.2) is 9.97 Å². The standard InChI is InChI=1S/C13H19ClN6/c1-9-17-12(14)5-13(18-9)15-7-11(19(2)3)10-6-16-20(4)8-10/h5-6,8,11H,7H2,1-4H3,(H,15,17,18). The van der Waals surface area contributed by atoms with Gasteiger partial charge in [-0.05, 0) is 21.0 Å². The van der Waals surface area contributed by atoms with Crippen LogP contribution in [0.15, 0.2) is 18.5 Å². The van der Waals surface area contributed by atoms with Crippen molar-refractivity contribution in [1.82, 2.24) is 24.6 Å². The lowest BCUT2D eigenvalue weighted by Gasteiger charge is -2.23. The van der Waals surface area contributed by atoms with Gasteiger partial charge in [0.15, 0.2) is 0 Å². The van der Waals surface area contributed by atoms with Crippen LogP contribution in [-0.2, 0) is 7.05 Å². The number of nitrogens with zero attached hydrogens (tertiary/aromatic N) is 5. The zero-order chi connectivity index (χ0) is 14.7. The number of hydrogen-bond donors (Lipinski definition) is 1. The Bertz CT molecular complexity index is 560. The van der Waals surface area contributed by atoms with E-state index < -0.39 is 0 Å². The lowest BCUT2D eigenvalue weighted by atomic mass is 10.1. The highest BCUT2D eigenvalue weighted by molar-refractivity contribution is 6.29. The minimum Gasteiger partial charge on any atom is -0.368 e. The Kier molecular flexibility index (Phi) is 4.57. The third-order valence-corrected chi connectivity index (χ3v) is 3.21. The second kappa shape index (κ2) is 6.19. The van der Waals surface area contributed by atoms with Gasteiger partial charge in [-0.2, -0.15) is 5.10 Å². The summed E-state index contributed by atoms with van der Waals surface area (Å²) in [5.41, 5.74) is 1.15. The van der Waals surface area contributed by atoms with Gasteiger partial charge < -0.3 is 10.2 Å². The third kappa shape index (κ3) is 3.68. The average Bonchev–Trinajstić information content (AvgIpc) is 2.74. The first-order valence-electron chi connectivity index (χ1n) is 6.35. The molecular weight excluding hydrogens is 276 g/mol. The molecule has 0 fully saturated rings. The van der Waals surface area contributed by atoms with Gasteiger partial charge >= 0.3 is 0 Å². The van der Waals surface area contributed by atoms with E-state index in [2.05, 4.69) is 25.3 Å². The first-order valence-corrected chi connectivity index (χ1v) is 6.73. The largest absolute Gasteiger partial charge is 0.368 e. The maximum Gasteiger partial charge on any atom is 0.134 e. The zero-order valence-electron chi connectivity index (χ0n) is 12.1. The number of aromatic nitrogens is 4. The lowest BCUT2D eigenvalue weighted by molar-refractivity contribution is 0.311. The van der Waals surface area contributed by atoms with Crippen molar-refractivity contribution in [3.05, 3.63) is 35.0 Å². The van der Waals surface area contributed by atoms with Crippen LogP contribution in [0.25, 0.3) is 0 Å². The van der Waals surface area contributed by atoms with Crippen LogP contribution in [0.1, 0.15) is 17.4 Å². The van der Waals surface area contributed by atoms with Crippen molar-refractivity contribution in [2.24, 2.45) is 7.05 Å². The van der Waals surface area contributed by atoms with Crippen molar-refractivity contribution in [1.29, 1.82) is 0 Å². The van der Waals surface area contributed by atoms with Gasteiger partial charge in [0, 0.05) is 31.4 Å². The molecule has 2 heterocycles. The second-order valence-corrected chi connectivity index (χ2v) is 5.32. The molecule has 1 atom stereocenters. The number of rotatable bonds is 5. The summed E-state index contributed by atoms with van der Waals surface area (Å²) in [6.45, 7) is 2.53. The number of nitrogens with one attached hydrogen (secondary N) is 1. The molecule has 2 rings (SSSR count). The van der Waals surface area contributed by atoms with Gasteiger partial charge in [0.2, 0.25) is 0 Å². The molecule has 2 aromatic heterocycles. The summed E-state index contributed by atoms with van der Waals surface area (Å²) >= 11 is 5.93. The summed E-state index contributed by atoms with van der Waals surface area (Å²) in [5, 5.41) is 7.97. The van der Waals surface area contributed by atoms with Gasteiger partial charge in [0.05, 0.1) is 12.2 Å². The molecule has 7 heteroatoms. The molecular formula is C13H19ClN6. The van der Waals surface area contributed by atoms with E-state index in [9.17, 15) is 0 Å². The molecule has 0 saturated heterocycles. The van der Waals surface area contributed by atoms with Gasteiger partial charge in [0.25, 0.3) is 0 Å². The number of halogens is 1. The SMILES string of the molecule is Cc1nc(Cl)cc(NCC(c2cnn(C)c2)N(C)C)n1. The fraction of sp³-hybridized carbons (Fsp3) is 0.462. The molecule has 108 valence electrons. The number of hydrogen-bond acceptors (Lipinski definition) is 5. The highest BCUT2D eigenvalue weighted by Crippen LogP contribution is 2.19. The van der Waals surface area contributed by atoms with Gasteiger partial charge in [0.1, 0.15) is 16.8 Å². The van der Waals surface area contributed by atoms with Crippen LogP contribution >= 0.6 is 11.6 Å².